The number of rotatable bonds is 8. The Morgan fingerprint density at radius 2 is 1.89 bits per heavy atom. The molecule has 8 nitrogen and oxygen atoms in total. The van der Waals surface area contributed by atoms with Gasteiger partial charge in [-0.05, 0) is 31.7 Å². The number of aryl methyl sites for hydroxylation is 1. The largest absolute Gasteiger partial charge is 0.481 e. The van der Waals surface area contributed by atoms with E-state index in [4.69, 9.17) is 9.63 Å². The number of nitrogens with zero attached hydrogens (tertiary/aromatic N) is 2. The van der Waals surface area contributed by atoms with Crippen LogP contribution in [-0.2, 0) is 15.0 Å². The number of hydrogen-bond donors (Lipinski definition) is 2. The summed E-state index contributed by atoms with van der Waals surface area (Å²) in [5.41, 5.74) is 1.64. The maximum Gasteiger partial charge on any atom is 0.326 e. The Morgan fingerprint density at radius 1 is 1.18 bits per heavy atom. The molecule has 0 amide bonds. The van der Waals surface area contributed by atoms with Gasteiger partial charge in [-0.3, -0.25) is 9.10 Å². The SMILES string of the molecule is Cc1noc(NS(=O)(=O)N(CCCC(=O)O)c2cccc3ccccc23)c1C. The molecule has 0 saturated heterocycles. The summed E-state index contributed by atoms with van der Waals surface area (Å²) >= 11 is 0. The standard InChI is InChI=1S/C19H21N3O5S/c1-13-14(2)20-27-19(13)21-28(25,26)22(12-6-11-18(23)24)17-10-5-8-15-7-3-4-9-16(15)17/h3-5,7-10,21H,6,11-12H2,1-2H3,(H,23,24). The molecular formula is C19H21N3O5S. The number of aromatic nitrogens is 1. The fraction of sp³-hybridized carbons (Fsp3) is 0.263. The van der Waals surface area contributed by atoms with Gasteiger partial charge in [0.1, 0.15) is 0 Å². The van der Waals surface area contributed by atoms with E-state index in [2.05, 4.69) is 9.88 Å². The van der Waals surface area contributed by atoms with Crippen LogP contribution >= 0.6 is 0 Å². The molecule has 3 aromatic rings. The second-order valence-electron chi connectivity index (χ2n) is 6.40. The Bertz CT molecular complexity index is 1100. The van der Waals surface area contributed by atoms with Gasteiger partial charge in [0.25, 0.3) is 0 Å². The number of carbonyl (C=O) groups is 1. The predicted octanol–water partition coefficient (Wildman–Crippen LogP) is 3.47. The summed E-state index contributed by atoms with van der Waals surface area (Å²) < 4.78 is 35.0. The van der Waals surface area contributed by atoms with E-state index in [0.29, 0.717) is 16.9 Å². The third-order valence-corrected chi connectivity index (χ3v) is 5.86. The smallest absolute Gasteiger partial charge is 0.326 e. The van der Waals surface area contributed by atoms with Crippen LogP contribution in [0.25, 0.3) is 10.8 Å². The molecule has 9 heteroatoms. The summed E-state index contributed by atoms with van der Waals surface area (Å²) in [7, 11) is -4.07. The molecule has 1 heterocycles. The Balaban J connectivity index is 2.02. The number of aliphatic carboxylic acids is 1. The highest BCUT2D eigenvalue weighted by Crippen LogP contribution is 2.30. The highest BCUT2D eigenvalue weighted by Gasteiger charge is 2.26. The van der Waals surface area contributed by atoms with Gasteiger partial charge in [0, 0.05) is 23.9 Å². The monoisotopic (exact) mass is 403 g/mol. The lowest BCUT2D eigenvalue weighted by molar-refractivity contribution is -0.137. The summed E-state index contributed by atoms with van der Waals surface area (Å²) in [5.74, 6) is -0.939. The van der Waals surface area contributed by atoms with Crippen molar-refractivity contribution in [2.75, 3.05) is 15.6 Å². The second-order valence-corrected chi connectivity index (χ2v) is 7.99. The molecule has 3 rings (SSSR count). The third kappa shape index (κ3) is 4.09. The van der Waals surface area contributed by atoms with Crippen molar-refractivity contribution in [1.82, 2.24) is 5.16 Å². The first-order valence-electron chi connectivity index (χ1n) is 8.72. The van der Waals surface area contributed by atoms with Crippen LogP contribution in [0.5, 0.6) is 0 Å². The van der Waals surface area contributed by atoms with Crippen LogP contribution in [0.15, 0.2) is 47.0 Å². The summed E-state index contributed by atoms with van der Waals surface area (Å²) in [6.45, 7) is 3.42. The van der Waals surface area contributed by atoms with Gasteiger partial charge < -0.3 is 9.63 Å². The Morgan fingerprint density at radius 3 is 2.57 bits per heavy atom. The molecule has 28 heavy (non-hydrogen) atoms. The van der Waals surface area contributed by atoms with Crippen molar-refractivity contribution in [2.45, 2.75) is 26.7 Å². The minimum Gasteiger partial charge on any atom is -0.481 e. The van der Waals surface area contributed by atoms with Crippen LogP contribution in [0.2, 0.25) is 0 Å². The van der Waals surface area contributed by atoms with Crippen LogP contribution in [0.1, 0.15) is 24.1 Å². The molecular weight excluding hydrogens is 382 g/mol. The van der Waals surface area contributed by atoms with Crippen LogP contribution in [0.3, 0.4) is 0 Å². The van der Waals surface area contributed by atoms with Gasteiger partial charge >= 0.3 is 16.2 Å². The van der Waals surface area contributed by atoms with Gasteiger partial charge in [0.15, 0.2) is 0 Å². The van der Waals surface area contributed by atoms with Gasteiger partial charge in [0.2, 0.25) is 5.88 Å². The zero-order chi connectivity index (χ0) is 20.3. The first-order valence-corrected chi connectivity index (χ1v) is 10.2. The second kappa shape index (κ2) is 7.89. The molecule has 0 fully saturated rings. The van der Waals surface area contributed by atoms with Crippen molar-refractivity contribution in [3.63, 3.8) is 0 Å². The quantitative estimate of drug-likeness (QED) is 0.595. The van der Waals surface area contributed by atoms with Crippen molar-refractivity contribution >= 4 is 38.5 Å². The molecule has 148 valence electrons. The average molecular weight is 403 g/mol. The van der Waals surface area contributed by atoms with E-state index in [1.807, 2.05) is 30.3 Å². The molecule has 0 saturated carbocycles. The van der Waals surface area contributed by atoms with E-state index in [-0.39, 0.29) is 25.3 Å². The lowest BCUT2D eigenvalue weighted by Gasteiger charge is -2.25. The Kier molecular flexibility index (Phi) is 5.55. The highest BCUT2D eigenvalue weighted by molar-refractivity contribution is 7.94. The maximum absolute atomic E-state index is 13.2. The number of carboxylic acid groups (broad SMARTS) is 1. The minimum atomic E-state index is -4.07. The Hall–Kier alpha value is -3.07. The van der Waals surface area contributed by atoms with Crippen LogP contribution in [0.4, 0.5) is 11.6 Å². The van der Waals surface area contributed by atoms with E-state index in [1.54, 1.807) is 26.0 Å². The van der Waals surface area contributed by atoms with Gasteiger partial charge in [-0.15, -0.1) is 0 Å². The maximum atomic E-state index is 13.2. The lowest BCUT2D eigenvalue weighted by Crippen LogP contribution is -2.37. The van der Waals surface area contributed by atoms with E-state index < -0.39 is 16.2 Å². The van der Waals surface area contributed by atoms with E-state index in [1.165, 1.54) is 4.31 Å². The van der Waals surface area contributed by atoms with Crippen LogP contribution in [-0.4, -0.2) is 31.2 Å². The zero-order valence-electron chi connectivity index (χ0n) is 15.5. The number of anilines is 2. The van der Waals surface area contributed by atoms with Crippen molar-refractivity contribution in [3.8, 4) is 0 Å². The minimum absolute atomic E-state index is 0.00179. The topological polar surface area (TPSA) is 113 Å². The van der Waals surface area contributed by atoms with Crippen molar-refractivity contribution in [2.24, 2.45) is 0 Å². The average Bonchev–Trinajstić information content (AvgIpc) is 2.96. The first-order chi connectivity index (χ1) is 13.3. The molecule has 0 atom stereocenters. The molecule has 2 N–H and O–H groups in total. The molecule has 0 aliphatic carbocycles. The zero-order valence-corrected chi connectivity index (χ0v) is 16.4. The molecule has 0 spiro atoms. The third-order valence-electron chi connectivity index (χ3n) is 4.46. The first kappa shape index (κ1) is 19.7. The molecule has 0 aliphatic heterocycles. The fourth-order valence-electron chi connectivity index (χ4n) is 2.85. The summed E-state index contributed by atoms with van der Waals surface area (Å²) in [6.07, 6.45) is 0.0190. The number of carboxylic acids is 1. The number of nitrogens with one attached hydrogen (secondary N) is 1. The van der Waals surface area contributed by atoms with Gasteiger partial charge in [-0.1, -0.05) is 41.6 Å². The van der Waals surface area contributed by atoms with Crippen LogP contribution < -0.4 is 9.03 Å². The van der Waals surface area contributed by atoms with E-state index >= 15 is 0 Å². The number of hydrogen-bond acceptors (Lipinski definition) is 5. The lowest BCUT2D eigenvalue weighted by atomic mass is 10.1. The molecule has 1 aromatic heterocycles. The van der Waals surface area contributed by atoms with Crippen molar-refractivity contribution in [3.05, 3.63) is 53.7 Å². The van der Waals surface area contributed by atoms with Crippen molar-refractivity contribution < 1.29 is 22.8 Å². The summed E-state index contributed by atoms with van der Waals surface area (Å²) in [6, 6.07) is 12.8. The fourth-order valence-corrected chi connectivity index (χ4v) is 4.18. The van der Waals surface area contributed by atoms with Crippen LogP contribution in [0, 0.1) is 13.8 Å². The van der Waals surface area contributed by atoms with Crippen molar-refractivity contribution in [1.29, 1.82) is 0 Å². The molecule has 0 bridgehead atoms. The molecule has 0 radical (unpaired) electrons. The molecule has 0 unspecified atom stereocenters. The Labute approximate surface area is 162 Å². The van der Waals surface area contributed by atoms with Gasteiger partial charge in [-0.25, -0.2) is 4.72 Å². The summed E-state index contributed by atoms with van der Waals surface area (Å²) in [5, 5.41) is 14.3. The van der Waals surface area contributed by atoms with Gasteiger partial charge in [-0.2, -0.15) is 8.42 Å². The normalized spacial score (nSPS) is 11.5. The molecule has 2 aromatic carbocycles. The summed E-state index contributed by atoms with van der Waals surface area (Å²) in [4.78, 5) is 10.9. The van der Waals surface area contributed by atoms with E-state index in [0.717, 1.165) is 10.8 Å². The van der Waals surface area contributed by atoms with Gasteiger partial charge in [0.05, 0.1) is 11.4 Å². The predicted molar refractivity (Wildman–Crippen MR) is 107 cm³/mol. The molecule has 0 aliphatic rings. The van der Waals surface area contributed by atoms with E-state index in [9.17, 15) is 13.2 Å². The highest BCUT2D eigenvalue weighted by atomic mass is 32.2. The number of benzene rings is 2. The number of fused-ring (bicyclic) bond motifs is 1.